The Hall–Kier alpha value is -1.68. The Morgan fingerprint density at radius 1 is 1.44 bits per heavy atom. The Morgan fingerprint density at radius 3 is 2.88 bits per heavy atom. The van der Waals surface area contributed by atoms with Crippen LogP contribution in [-0.4, -0.2) is 17.9 Å². The van der Waals surface area contributed by atoms with Gasteiger partial charge in [0.15, 0.2) is 0 Å². The Morgan fingerprint density at radius 2 is 2.25 bits per heavy atom. The highest BCUT2D eigenvalue weighted by Crippen LogP contribution is 2.06. The first-order valence-corrected chi connectivity index (χ1v) is 5.28. The summed E-state index contributed by atoms with van der Waals surface area (Å²) in [5.74, 6) is -0.426. The maximum Gasteiger partial charge on any atom is 0.244 e. The van der Waals surface area contributed by atoms with Crippen LogP contribution >= 0.6 is 0 Å². The van der Waals surface area contributed by atoms with E-state index in [1.165, 1.54) is 5.56 Å². The number of benzene rings is 1. The van der Waals surface area contributed by atoms with Gasteiger partial charge < -0.3 is 5.32 Å². The van der Waals surface area contributed by atoms with Crippen molar-refractivity contribution in [2.45, 2.75) is 25.9 Å². The average molecular weight is 218 g/mol. The zero-order valence-corrected chi connectivity index (χ0v) is 9.12. The maximum atomic E-state index is 11.3. The average Bonchev–Trinajstić information content (AvgIpc) is 2.54. The first-order valence-electron chi connectivity index (χ1n) is 5.28. The Labute approximate surface area is 94.0 Å². The summed E-state index contributed by atoms with van der Waals surface area (Å²) >= 11 is 0. The molecule has 0 radical (unpaired) electrons. The number of carbonyl (C=O) groups is 2. The van der Waals surface area contributed by atoms with E-state index in [1.54, 1.807) is 0 Å². The topological polar surface area (TPSA) is 58.2 Å². The van der Waals surface area contributed by atoms with Crippen LogP contribution in [-0.2, 0) is 16.1 Å². The third kappa shape index (κ3) is 2.46. The first-order chi connectivity index (χ1) is 7.65. The number of carbonyl (C=O) groups excluding carboxylic acids is 2. The molecule has 2 amide bonds. The van der Waals surface area contributed by atoms with Crippen LogP contribution in [0.25, 0.3) is 0 Å². The Bertz CT molecular complexity index is 429. The minimum absolute atomic E-state index is 0.202. The molecule has 4 heteroatoms. The van der Waals surface area contributed by atoms with Gasteiger partial charge in [-0.1, -0.05) is 29.8 Å². The quantitative estimate of drug-likeness (QED) is 0.726. The molecule has 0 saturated carbocycles. The fourth-order valence-corrected chi connectivity index (χ4v) is 1.78. The second-order valence-electron chi connectivity index (χ2n) is 4.04. The van der Waals surface area contributed by atoms with Gasteiger partial charge in [0.2, 0.25) is 11.8 Å². The van der Waals surface area contributed by atoms with E-state index < -0.39 is 0 Å². The molecule has 0 bridgehead atoms. The molecule has 1 aliphatic rings. The summed E-state index contributed by atoms with van der Waals surface area (Å²) in [5.41, 5.74) is 2.30. The molecule has 0 spiro atoms. The van der Waals surface area contributed by atoms with Gasteiger partial charge in [0.1, 0.15) is 0 Å². The van der Waals surface area contributed by atoms with E-state index in [0.29, 0.717) is 6.54 Å². The van der Waals surface area contributed by atoms with Crippen LogP contribution < -0.4 is 10.6 Å². The molecule has 0 aromatic heterocycles. The third-order valence-electron chi connectivity index (χ3n) is 2.60. The zero-order chi connectivity index (χ0) is 11.5. The van der Waals surface area contributed by atoms with E-state index in [1.807, 2.05) is 25.1 Å². The summed E-state index contributed by atoms with van der Waals surface area (Å²) in [7, 11) is 0. The number of aryl methyl sites for hydroxylation is 1. The van der Waals surface area contributed by atoms with Gasteiger partial charge in [-0.25, -0.2) is 0 Å². The molecule has 1 fully saturated rings. The third-order valence-corrected chi connectivity index (χ3v) is 2.60. The van der Waals surface area contributed by atoms with Gasteiger partial charge in [-0.05, 0) is 12.5 Å². The highest BCUT2D eigenvalue weighted by Gasteiger charge is 2.29. The van der Waals surface area contributed by atoms with Crippen LogP contribution in [0.15, 0.2) is 24.3 Å². The van der Waals surface area contributed by atoms with Crippen LogP contribution in [0.1, 0.15) is 17.5 Å². The van der Waals surface area contributed by atoms with Crippen molar-refractivity contribution in [3.63, 3.8) is 0 Å². The molecule has 1 aromatic carbocycles. The normalized spacial score (nSPS) is 19.9. The minimum atomic E-state index is -0.381. The lowest BCUT2D eigenvalue weighted by Crippen LogP contribution is -2.35. The number of nitrogens with one attached hydrogen (secondary N) is 2. The number of hydrogen-bond acceptors (Lipinski definition) is 3. The number of amides is 2. The van der Waals surface area contributed by atoms with E-state index in [2.05, 4.69) is 16.7 Å². The van der Waals surface area contributed by atoms with Gasteiger partial charge in [-0.15, -0.1) is 0 Å². The second-order valence-corrected chi connectivity index (χ2v) is 4.04. The van der Waals surface area contributed by atoms with Crippen molar-refractivity contribution in [2.24, 2.45) is 0 Å². The molecule has 1 aromatic rings. The Kier molecular flexibility index (Phi) is 3.01. The fourth-order valence-electron chi connectivity index (χ4n) is 1.78. The largest absolute Gasteiger partial charge is 0.301 e. The predicted octanol–water partition coefficient (Wildman–Crippen LogP) is 0.500. The van der Waals surface area contributed by atoms with E-state index in [0.717, 1.165) is 5.56 Å². The lowest BCUT2D eigenvalue weighted by Gasteiger charge is -2.09. The number of hydrogen-bond donors (Lipinski definition) is 2. The van der Waals surface area contributed by atoms with Crippen LogP contribution in [0.5, 0.6) is 0 Å². The van der Waals surface area contributed by atoms with Gasteiger partial charge in [0, 0.05) is 6.54 Å². The summed E-state index contributed by atoms with van der Waals surface area (Å²) in [6.07, 6.45) is 0.241. The van der Waals surface area contributed by atoms with E-state index in [-0.39, 0.29) is 24.3 Å². The lowest BCUT2D eigenvalue weighted by molar-refractivity contribution is -0.125. The van der Waals surface area contributed by atoms with Crippen LogP contribution in [0.2, 0.25) is 0 Å². The van der Waals surface area contributed by atoms with Crippen molar-refractivity contribution in [3.8, 4) is 0 Å². The van der Waals surface area contributed by atoms with Gasteiger partial charge >= 0.3 is 0 Å². The molecule has 4 nitrogen and oxygen atoms in total. The van der Waals surface area contributed by atoms with Crippen molar-refractivity contribution >= 4 is 11.8 Å². The molecule has 1 saturated heterocycles. The Balaban J connectivity index is 1.93. The smallest absolute Gasteiger partial charge is 0.244 e. The van der Waals surface area contributed by atoms with Gasteiger partial charge in [-0.3, -0.25) is 14.9 Å². The SMILES string of the molecule is Cc1cccc(CNC2CC(=O)NC2=O)c1. The van der Waals surface area contributed by atoms with Crippen LogP contribution in [0, 0.1) is 6.92 Å². The first kappa shape index (κ1) is 10.8. The lowest BCUT2D eigenvalue weighted by atomic mass is 10.1. The van der Waals surface area contributed by atoms with Crippen molar-refractivity contribution in [2.75, 3.05) is 0 Å². The van der Waals surface area contributed by atoms with Crippen molar-refractivity contribution in [1.82, 2.24) is 10.6 Å². The van der Waals surface area contributed by atoms with E-state index >= 15 is 0 Å². The molecule has 1 aliphatic heterocycles. The van der Waals surface area contributed by atoms with Crippen molar-refractivity contribution in [3.05, 3.63) is 35.4 Å². The summed E-state index contributed by atoms with van der Waals surface area (Å²) in [5, 5.41) is 5.35. The monoisotopic (exact) mass is 218 g/mol. The van der Waals surface area contributed by atoms with Crippen molar-refractivity contribution < 1.29 is 9.59 Å². The summed E-state index contributed by atoms with van der Waals surface area (Å²) in [6, 6.07) is 7.67. The van der Waals surface area contributed by atoms with Crippen molar-refractivity contribution in [1.29, 1.82) is 0 Å². The maximum absolute atomic E-state index is 11.3. The molecule has 1 unspecified atom stereocenters. The highest BCUT2D eigenvalue weighted by atomic mass is 16.2. The van der Waals surface area contributed by atoms with Crippen LogP contribution in [0.3, 0.4) is 0 Å². The van der Waals surface area contributed by atoms with E-state index in [4.69, 9.17) is 0 Å². The molecule has 1 heterocycles. The molecule has 0 aliphatic carbocycles. The number of imide groups is 1. The molecule has 2 rings (SSSR count). The summed E-state index contributed by atoms with van der Waals surface area (Å²) < 4.78 is 0. The van der Waals surface area contributed by atoms with Crippen LogP contribution in [0.4, 0.5) is 0 Å². The van der Waals surface area contributed by atoms with Gasteiger partial charge in [0.05, 0.1) is 12.5 Å². The molecule has 2 N–H and O–H groups in total. The number of rotatable bonds is 3. The zero-order valence-electron chi connectivity index (χ0n) is 9.12. The van der Waals surface area contributed by atoms with E-state index in [9.17, 15) is 9.59 Å². The van der Waals surface area contributed by atoms with Gasteiger partial charge in [0.25, 0.3) is 0 Å². The fraction of sp³-hybridized carbons (Fsp3) is 0.333. The second kappa shape index (κ2) is 4.45. The summed E-state index contributed by atoms with van der Waals surface area (Å²) in [6.45, 7) is 2.63. The molecule has 16 heavy (non-hydrogen) atoms. The standard InChI is InChI=1S/C12H14N2O2/c1-8-3-2-4-9(5-8)7-13-10-6-11(15)14-12(10)16/h2-5,10,13H,6-7H2,1H3,(H,14,15,16). The predicted molar refractivity (Wildman–Crippen MR) is 59.6 cm³/mol. The van der Waals surface area contributed by atoms with Gasteiger partial charge in [-0.2, -0.15) is 0 Å². The summed E-state index contributed by atoms with van der Waals surface area (Å²) in [4.78, 5) is 22.2. The molecular weight excluding hydrogens is 204 g/mol. The highest BCUT2D eigenvalue weighted by molar-refractivity contribution is 6.05. The molecule has 84 valence electrons. The minimum Gasteiger partial charge on any atom is -0.301 e. The molecule has 1 atom stereocenters. The molecular formula is C12H14N2O2.